The minimum atomic E-state index is -0.418. The molecule has 5 nitrogen and oxygen atoms in total. The summed E-state index contributed by atoms with van der Waals surface area (Å²) in [5.41, 5.74) is 2.73. The number of carbonyl (C=O) groups is 1. The van der Waals surface area contributed by atoms with Crippen LogP contribution in [0.4, 0.5) is 0 Å². The highest BCUT2D eigenvalue weighted by atomic mass is 35.5. The summed E-state index contributed by atoms with van der Waals surface area (Å²) in [4.78, 5) is 12.5. The highest BCUT2D eigenvalue weighted by molar-refractivity contribution is 8.00. The van der Waals surface area contributed by atoms with Crippen molar-refractivity contribution in [2.45, 2.75) is 37.3 Å². The Balaban J connectivity index is 1.64. The average molecular weight is 436 g/mol. The number of aryl methyl sites for hydroxylation is 1. The van der Waals surface area contributed by atoms with E-state index in [0.717, 1.165) is 16.7 Å². The molecule has 146 valence electrons. The van der Waals surface area contributed by atoms with Crippen LogP contribution in [0.1, 0.15) is 31.0 Å². The molecule has 8 heteroatoms. The van der Waals surface area contributed by atoms with E-state index in [1.165, 1.54) is 11.8 Å². The molecule has 1 N–H and O–H groups in total. The van der Waals surface area contributed by atoms with E-state index in [0.29, 0.717) is 21.2 Å². The number of benzene rings is 2. The molecule has 0 unspecified atom stereocenters. The van der Waals surface area contributed by atoms with Gasteiger partial charge in [-0.1, -0.05) is 59.2 Å². The largest absolute Gasteiger partial charge is 0.411 e. The minimum Gasteiger partial charge on any atom is -0.411 e. The standard InChI is InChI=1S/C20H19Cl2N3O2S/c1-11-6-4-5-7-15(11)19-24-25-20(27-19)28-13(3)18(26)23-12(2)16-9-8-14(21)10-17(16)22/h4-10,12-13H,1-3H3,(H,23,26)/t12-,13+/m0/s1. The SMILES string of the molecule is Cc1ccccc1-c1nnc(S[C@H](C)C(=O)N[C@@H](C)c2ccc(Cl)cc2Cl)o1. The van der Waals surface area contributed by atoms with Gasteiger partial charge in [-0.3, -0.25) is 4.79 Å². The topological polar surface area (TPSA) is 68.0 Å². The third kappa shape index (κ3) is 4.87. The molecule has 2 atom stereocenters. The summed E-state index contributed by atoms with van der Waals surface area (Å²) in [5, 5.41) is 12.1. The third-order valence-electron chi connectivity index (χ3n) is 4.22. The Kier molecular flexibility index (Phi) is 6.65. The molecule has 1 aromatic heterocycles. The summed E-state index contributed by atoms with van der Waals surface area (Å²) in [6.07, 6.45) is 0. The average Bonchev–Trinajstić information content (AvgIpc) is 3.10. The molecule has 0 saturated carbocycles. The second-order valence-corrected chi connectivity index (χ2v) is 8.48. The third-order valence-corrected chi connectivity index (χ3v) is 5.71. The fraction of sp³-hybridized carbons (Fsp3) is 0.250. The van der Waals surface area contributed by atoms with Crippen molar-refractivity contribution < 1.29 is 9.21 Å². The van der Waals surface area contributed by atoms with Crippen LogP contribution >= 0.6 is 35.0 Å². The van der Waals surface area contributed by atoms with E-state index in [1.807, 2.05) is 38.1 Å². The van der Waals surface area contributed by atoms with Crippen LogP contribution in [0.2, 0.25) is 10.0 Å². The van der Waals surface area contributed by atoms with E-state index in [1.54, 1.807) is 25.1 Å². The molecule has 0 aliphatic rings. The fourth-order valence-electron chi connectivity index (χ4n) is 2.65. The van der Waals surface area contributed by atoms with Crippen LogP contribution in [0.5, 0.6) is 0 Å². The molecule has 2 aromatic carbocycles. The predicted molar refractivity (Wildman–Crippen MR) is 113 cm³/mol. The first kappa shape index (κ1) is 20.7. The number of nitrogens with one attached hydrogen (secondary N) is 1. The van der Waals surface area contributed by atoms with Gasteiger partial charge in [0.2, 0.25) is 11.8 Å². The van der Waals surface area contributed by atoms with Gasteiger partial charge in [0.05, 0.1) is 11.3 Å². The van der Waals surface area contributed by atoms with Crippen LogP contribution in [-0.2, 0) is 4.79 Å². The monoisotopic (exact) mass is 435 g/mol. The maximum absolute atomic E-state index is 12.5. The minimum absolute atomic E-state index is 0.154. The molecule has 1 heterocycles. The summed E-state index contributed by atoms with van der Waals surface area (Å²) in [6.45, 7) is 5.63. The number of hydrogen-bond donors (Lipinski definition) is 1. The van der Waals surface area contributed by atoms with E-state index < -0.39 is 5.25 Å². The molecule has 3 aromatic rings. The maximum atomic E-state index is 12.5. The highest BCUT2D eigenvalue weighted by Crippen LogP contribution is 2.29. The zero-order valence-electron chi connectivity index (χ0n) is 15.6. The molecule has 0 bridgehead atoms. The van der Waals surface area contributed by atoms with Gasteiger partial charge >= 0.3 is 0 Å². The smallest absolute Gasteiger partial charge is 0.277 e. The number of aromatic nitrogens is 2. The molecular formula is C20H19Cl2N3O2S. The molecule has 0 fully saturated rings. The summed E-state index contributed by atoms with van der Waals surface area (Å²) in [5.74, 6) is 0.286. The zero-order valence-corrected chi connectivity index (χ0v) is 17.9. The molecule has 3 rings (SSSR count). The van der Waals surface area contributed by atoms with Gasteiger partial charge in [-0.05, 0) is 50.1 Å². The van der Waals surface area contributed by atoms with Crippen molar-refractivity contribution in [1.82, 2.24) is 15.5 Å². The second kappa shape index (κ2) is 8.99. The number of carbonyl (C=O) groups excluding carboxylic acids is 1. The van der Waals surface area contributed by atoms with Gasteiger partial charge in [0, 0.05) is 15.6 Å². The number of halogens is 2. The number of thioether (sulfide) groups is 1. The molecule has 28 heavy (non-hydrogen) atoms. The molecule has 0 radical (unpaired) electrons. The molecule has 0 aliphatic carbocycles. The first-order chi connectivity index (χ1) is 13.3. The van der Waals surface area contributed by atoms with Crippen LogP contribution in [0.25, 0.3) is 11.5 Å². The highest BCUT2D eigenvalue weighted by Gasteiger charge is 2.21. The number of hydrogen-bond acceptors (Lipinski definition) is 5. The van der Waals surface area contributed by atoms with Gasteiger partial charge in [0.15, 0.2) is 0 Å². The van der Waals surface area contributed by atoms with Gasteiger partial charge in [-0.15, -0.1) is 10.2 Å². The van der Waals surface area contributed by atoms with Crippen molar-refractivity contribution in [3.63, 3.8) is 0 Å². The van der Waals surface area contributed by atoms with Gasteiger partial charge in [0.25, 0.3) is 5.22 Å². The Labute approximate surface area is 177 Å². The Hall–Kier alpha value is -2.02. The van der Waals surface area contributed by atoms with E-state index in [-0.39, 0.29) is 11.9 Å². The van der Waals surface area contributed by atoms with Crippen molar-refractivity contribution >= 4 is 40.9 Å². The van der Waals surface area contributed by atoms with E-state index in [2.05, 4.69) is 15.5 Å². The zero-order chi connectivity index (χ0) is 20.3. The first-order valence-electron chi connectivity index (χ1n) is 8.66. The fourth-order valence-corrected chi connectivity index (χ4v) is 3.91. The Bertz CT molecular complexity index is 993. The summed E-state index contributed by atoms with van der Waals surface area (Å²) < 4.78 is 5.72. The number of rotatable bonds is 6. The van der Waals surface area contributed by atoms with Crippen molar-refractivity contribution in [3.05, 3.63) is 63.6 Å². The van der Waals surface area contributed by atoms with Gasteiger partial charge in [-0.25, -0.2) is 0 Å². The normalized spacial score (nSPS) is 13.2. The quantitative estimate of drug-likeness (QED) is 0.502. The lowest BCUT2D eigenvalue weighted by Crippen LogP contribution is -2.33. The van der Waals surface area contributed by atoms with Crippen molar-refractivity contribution in [1.29, 1.82) is 0 Å². The molecule has 1 amide bonds. The van der Waals surface area contributed by atoms with Gasteiger partial charge < -0.3 is 9.73 Å². The van der Waals surface area contributed by atoms with E-state index in [4.69, 9.17) is 27.6 Å². The van der Waals surface area contributed by atoms with E-state index in [9.17, 15) is 4.79 Å². The maximum Gasteiger partial charge on any atom is 0.277 e. The molecule has 0 saturated heterocycles. The lowest BCUT2D eigenvalue weighted by molar-refractivity contribution is -0.120. The lowest BCUT2D eigenvalue weighted by Gasteiger charge is -2.18. The summed E-state index contributed by atoms with van der Waals surface area (Å²) in [7, 11) is 0. The Morgan fingerprint density at radius 3 is 2.61 bits per heavy atom. The van der Waals surface area contributed by atoms with Crippen molar-refractivity contribution in [2.75, 3.05) is 0 Å². The number of amides is 1. The number of nitrogens with zero attached hydrogens (tertiary/aromatic N) is 2. The molecular weight excluding hydrogens is 417 g/mol. The predicted octanol–water partition coefficient (Wildman–Crippen LogP) is 5.71. The molecule has 0 spiro atoms. The van der Waals surface area contributed by atoms with E-state index >= 15 is 0 Å². The molecule has 0 aliphatic heterocycles. The van der Waals surface area contributed by atoms with Crippen LogP contribution in [-0.4, -0.2) is 21.4 Å². The Morgan fingerprint density at radius 2 is 1.89 bits per heavy atom. The summed E-state index contributed by atoms with van der Waals surface area (Å²) in [6, 6.07) is 12.7. The van der Waals surface area contributed by atoms with Crippen LogP contribution in [0.3, 0.4) is 0 Å². The van der Waals surface area contributed by atoms with Gasteiger partial charge in [-0.2, -0.15) is 0 Å². The van der Waals surface area contributed by atoms with Crippen LogP contribution < -0.4 is 5.32 Å². The first-order valence-corrected chi connectivity index (χ1v) is 10.3. The van der Waals surface area contributed by atoms with Gasteiger partial charge in [0.1, 0.15) is 0 Å². The van der Waals surface area contributed by atoms with Crippen LogP contribution in [0, 0.1) is 6.92 Å². The van der Waals surface area contributed by atoms with Crippen LogP contribution in [0.15, 0.2) is 52.1 Å². The summed E-state index contributed by atoms with van der Waals surface area (Å²) >= 11 is 13.4. The lowest BCUT2D eigenvalue weighted by atomic mass is 10.1. The Morgan fingerprint density at radius 1 is 1.14 bits per heavy atom. The van der Waals surface area contributed by atoms with Crippen molar-refractivity contribution in [2.24, 2.45) is 0 Å². The second-order valence-electron chi connectivity index (χ2n) is 6.34. The van der Waals surface area contributed by atoms with Crippen molar-refractivity contribution in [3.8, 4) is 11.5 Å².